The van der Waals surface area contributed by atoms with Gasteiger partial charge in [-0.05, 0) is 13.8 Å². The van der Waals surface area contributed by atoms with Crippen molar-refractivity contribution in [2.45, 2.75) is 13.8 Å². The van der Waals surface area contributed by atoms with Gasteiger partial charge in [0.05, 0.1) is 12.8 Å². The molecule has 0 heterocycles. The molecular formula is C6H13O3P. The van der Waals surface area contributed by atoms with E-state index < -0.39 is 7.60 Å². The molecule has 0 aromatic heterocycles. The van der Waals surface area contributed by atoms with Crippen LogP contribution in [0.4, 0.5) is 0 Å². The lowest BCUT2D eigenvalue weighted by molar-refractivity contribution is 0.276. The average Bonchev–Trinajstić information content (AvgIpc) is 1.84. The van der Waals surface area contributed by atoms with Crippen LogP contribution in [0.2, 0.25) is 0 Å². The Kier molecular flexibility index (Phi) is 4.62. The number of hydrogen-bond donors (Lipinski definition) is 1. The normalized spacial score (nSPS) is 17.5. The first-order chi connectivity index (χ1) is 4.62. The van der Waals surface area contributed by atoms with Crippen LogP contribution in [0.3, 0.4) is 0 Å². The molecule has 0 rings (SSSR count). The third-order valence-electron chi connectivity index (χ3n) is 0.903. The van der Waals surface area contributed by atoms with Crippen molar-refractivity contribution in [3.63, 3.8) is 0 Å². The van der Waals surface area contributed by atoms with Crippen molar-refractivity contribution in [3.05, 3.63) is 12.2 Å². The van der Waals surface area contributed by atoms with Gasteiger partial charge in [-0.15, -0.1) is 0 Å². The molecule has 0 bridgehead atoms. The van der Waals surface area contributed by atoms with E-state index in [1.807, 2.05) is 0 Å². The number of hydrogen-bond acceptors (Lipinski definition) is 2. The van der Waals surface area contributed by atoms with Gasteiger partial charge in [0, 0.05) is 0 Å². The molecule has 60 valence electrons. The van der Waals surface area contributed by atoms with E-state index >= 15 is 0 Å². The molecule has 1 unspecified atom stereocenters. The van der Waals surface area contributed by atoms with Crippen molar-refractivity contribution in [3.8, 4) is 0 Å². The van der Waals surface area contributed by atoms with E-state index in [1.165, 1.54) is 0 Å². The lowest BCUT2D eigenvalue weighted by atomic mass is 10.6. The van der Waals surface area contributed by atoms with E-state index in [-0.39, 0.29) is 12.8 Å². The van der Waals surface area contributed by atoms with Gasteiger partial charge in [0.2, 0.25) is 0 Å². The van der Waals surface area contributed by atoms with E-state index in [1.54, 1.807) is 26.0 Å². The molecule has 0 amide bonds. The van der Waals surface area contributed by atoms with Crippen molar-refractivity contribution in [1.29, 1.82) is 0 Å². The molecule has 0 aliphatic heterocycles. The van der Waals surface area contributed by atoms with Gasteiger partial charge < -0.3 is 9.42 Å². The summed E-state index contributed by atoms with van der Waals surface area (Å²) >= 11 is 0. The highest BCUT2D eigenvalue weighted by Crippen LogP contribution is 2.41. The Morgan fingerprint density at radius 1 is 1.70 bits per heavy atom. The van der Waals surface area contributed by atoms with Crippen molar-refractivity contribution < 1.29 is 14.0 Å². The van der Waals surface area contributed by atoms with Gasteiger partial charge in [-0.3, -0.25) is 4.57 Å². The second-order valence-corrected chi connectivity index (χ2v) is 3.71. The first-order valence-corrected chi connectivity index (χ1v) is 4.96. The molecule has 0 aromatic carbocycles. The predicted octanol–water partition coefficient (Wildman–Crippen LogP) is 1.78. The SMILES string of the molecule is CC=CCP(=O)(O)OCC. The van der Waals surface area contributed by atoms with Crippen LogP contribution in [0.5, 0.6) is 0 Å². The third-order valence-corrected chi connectivity index (χ3v) is 2.24. The van der Waals surface area contributed by atoms with Gasteiger partial charge in [0.1, 0.15) is 0 Å². The summed E-state index contributed by atoms with van der Waals surface area (Å²) in [5, 5.41) is 0. The fraction of sp³-hybridized carbons (Fsp3) is 0.667. The molecule has 0 spiro atoms. The maximum atomic E-state index is 10.9. The van der Waals surface area contributed by atoms with Crippen molar-refractivity contribution in [2.24, 2.45) is 0 Å². The Hall–Kier alpha value is -0.110. The Bertz CT molecular complexity index is 153. The van der Waals surface area contributed by atoms with Gasteiger partial charge in [-0.25, -0.2) is 0 Å². The summed E-state index contributed by atoms with van der Waals surface area (Å²) in [7, 11) is -3.30. The quantitative estimate of drug-likeness (QED) is 0.509. The summed E-state index contributed by atoms with van der Waals surface area (Å²) in [5.41, 5.74) is 0. The lowest BCUT2D eigenvalue weighted by Crippen LogP contribution is -1.91. The molecule has 1 atom stereocenters. The molecule has 4 heteroatoms. The molecule has 0 aliphatic carbocycles. The molecule has 0 saturated heterocycles. The van der Waals surface area contributed by atoms with E-state index in [0.29, 0.717) is 0 Å². The van der Waals surface area contributed by atoms with Crippen molar-refractivity contribution in [2.75, 3.05) is 12.8 Å². The number of allylic oxidation sites excluding steroid dienone is 2. The molecule has 0 fully saturated rings. The zero-order chi connectivity index (χ0) is 8.04. The molecule has 0 aromatic rings. The van der Waals surface area contributed by atoms with Crippen LogP contribution in [0.15, 0.2) is 12.2 Å². The summed E-state index contributed by atoms with van der Waals surface area (Å²) in [6.45, 7) is 3.77. The van der Waals surface area contributed by atoms with Crippen LogP contribution >= 0.6 is 7.60 Å². The maximum absolute atomic E-state index is 10.9. The number of rotatable bonds is 4. The minimum absolute atomic E-state index is 0.108. The summed E-state index contributed by atoms with van der Waals surface area (Å²) in [6.07, 6.45) is 3.45. The molecule has 0 saturated carbocycles. The first-order valence-electron chi connectivity index (χ1n) is 3.20. The van der Waals surface area contributed by atoms with Gasteiger partial charge >= 0.3 is 7.60 Å². The highest BCUT2D eigenvalue weighted by molar-refractivity contribution is 7.53. The highest BCUT2D eigenvalue weighted by Gasteiger charge is 2.14. The van der Waals surface area contributed by atoms with Crippen LogP contribution in [-0.2, 0) is 9.09 Å². The Morgan fingerprint density at radius 3 is 2.70 bits per heavy atom. The van der Waals surface area contributed by atoms with Crippen LogP contribution in [0, 0.1) is 0 Å². The summed E-state index contributed by atoms with van der Waals surface area (Å²) < 4.78 is 15.4. The molecule has 10 heavy (non-hydrogen) atoms. The largest absolute Gasteiger partial charge is 0.331 e. The third kappa shape index (κ3) is 4.74. The van der Waals surface area contributed by atoms with Gasteiger partial charge in [0.15, 0.2) is 0 Å². The van der Waals surface area contributed by atoms with Gasteiger partial charge in [-0.2, -0.15) is 0 Å². The van der Waals surface area contributed by atoms with Crippen LogP contribution < -0.4 is 0 Å². The zero-order valence-electron chi connectivity index (χ0n) is 6.28. The van der Waals surface area contributed by atoms with E-state index in [4.69, 9.17) is 4.89 Å². The fourth-order valence-electron chi connectivity index (χ4n) is 0.493. The van der Waals surface area contributed by atoms with Crippen molar-refractivity contribution >= 4 is 7.60 Å². The van der Waals surface area contributed by atoms with Crippen LogP contribution in [0.25, 0.3) is 0 Å². The first kappa shape index (κ1) is 9.89. The average molecular weight is 164 g/mol. The van der Waals surface area contributed by atoms with E-state index in [0.717, 1.165) is 0 Å². The van der Waals surface area contributed by atoms with Crippen LogP contribution in [-0.4, -0.2) is 17.7 Å². The minimum atomic E-state index is -3.30. The zero-order valence-corrected chi connectivity index (χ0v) is 7.17. The Labute approximate surface area is 61.2 Å². The molecule has 0 aliphatic rings. The monoisotopic (exact) mass is 164 g/mol. The standard InChI is InChI=1S/C6H13O3P/c1-3-5-6-10(7,8)9-4-2/h3,5H,4,6H2,1-2H3,(H,7,8). The topological polar surface area (TPSA) is 46.5 Å². The second-order valence-electron chi connectivity index (χ2n) is 1.81. The van der Waals surface area contributed by atoms with E-state index in [9.17, 15) is 4.57 Å². The predicted molar refractivity (Wildman–Crippen MR) is 41.1 cm³/mol. The molecular weight excluding hydrogens is 151 g/mol. The molecule has 1 N–H and O–H groups in total. The fourth-order valence-corrected chi connectivity index (χ4v) is 1.48. The Balaban J connectivity index is 3.75. The summed E-state index contributed by atoms with van der Waals surface area (Å²) in [5.74, 6) is 0. The molecule has 0 radical (unpaired) electrons. The summed E-state index contributed by atoms with van der Waals surface area (Å²) in [4.78, 5) is 8.93. The molecule has 3 nitrogen and oxygen atoms in total. The highest BCUT2D eigenvalue weighted by atomic mass is 31.2. The van der Waals surface area contributed by atoms with Crippen molar-refractivity contribution in [1.82, 2.24) is 0 Å². The minimum Gasteiger partial charge on any atom is -0.324 e. The lowest BCUT2D eigenvalue weighted by Gasteiger charge is -2.06. The van der Waals surface area contributed by atoms with E-state index in [2.05, 4.69) is 4.52 Å². The van der Waals surface area contributed by atoms with Gasteiger partial charge in [0.25, 0.3) is 0 Å². The van der Waals surface area contributed by atoms with Gasteiger partial charge in [-0.1, -0.05) is 12.2 Å². The van der Waals surface area contributed by atoms with Crippen LogP contribution in [0.1, 0.15) is 13.8 Å². The summed E-state index contributed by atoms with van der Waals surface area (Å²) in [6, 6.07) is 0. The maximum Gasteiger partial charge on any atom is 0.331 e. The second kappa shape index (κ2) is 4.67. The smallest absolute Gasteiger partial charge is 0.324 e. The Morgan fingerprint density at radius 2 is 2.30 bits per heavy atom.